The summed E-state index contributed by atoms with van der Waals surface area (Å²) in [5, 5.41) is 6.77. The zero-order valence-corrected chi connectivity index (χ0v) is 24.1. The van der Waals surface area contributed by atoms with Crippen LogP contribution in [-0.4, -0.2) is 34.6 Å². The number of nitrogen functional groups attached to an aromatic ring is 1. The number of carbonyl (C=O) groups is 2. The van der Waals surface area contributed by atoms with Crippen LogP contribution in [0.3, 0.4) is 0 Å². The lowest BCUT2D eigenvalue weighted by Crippen LogP contribution is -2.32. The second-order valence-corrected chi connectivity index (χ2v) is 9.54. The molecule has 2 aromatic heterocycles. The fourth-order valence-electron chi connectivity index (χ4n) is 4.70. The van der Waals surface area contributed by atoms with Gasteiger partial charge in [-0.05, 0) is 56.3 Å². The minimum absolute atomic E-state index is 0.0200. The summed E-state index contributed by atoms with van der Waals surface area (Å²) in [5.41, 5.74) is 8.61. The van der Waals surface area contributed by atoms with Gasteiger partial charge in [0.1, 0.15) is 11.4 Å². The maximum Gasteiger partial charge on any atom is 0.264 e. The maximum atomic E-state index is 14.2. The zero-order valence-electron chi connectivity index (χ0n) is 24.1. The molecule has 0 radical (unpaired) electrons. The van der Waals surface area contributed by atoms with Crippen molar-refractivity contribution in [1.82, 2.24) is 20.2 Å². The summed E-state index contributed by atoms with van der Waals surface area (Å²) in [4.78, 5) is 47.4. The molecule has 2 amide bonds. The van der Waals surface area contributed by atoms with Gasteiger partial charge in [0.05, 0.1) is 17.1 Å². The molecule has 9 heteroatoms. The molecule has 0 saturated carbocycles. The van der Waals surface area contributed by atoms with Crippen LogP contribution in [0.25, 0.3) is 22.5 Å². The molecule has 0 unspecified atom stereocenters. The van der Waals surface area contributed by atoms with Crippen molar-refractivity contribution in [3.05, 3.63) is 112 Å². The average Bonchev–Trinajstić information content (AvgIpc) is 3.01. The quantitative estimate of drug-likeness (QED) is 0.114. The topological polar surface area (TPSA) is 131 Å². The predicted molar refractivity (Wildman–Crippen MR) is 173 cm³/mol. The lowest BCUT2D eigenvalue weighted by molar-refractivity contribution is -0.116. The third-order valence-corrected chi connectivity index (χ3v) is 6.68. The van der Waals surface area contributed by atoms with Crippen LogP contribution in [0.4, 0.5) is 11.5 Å². The number of rotatable bonds is 9. The minimum atomic E-state index is -0.629. The van der Waals surface area contributed by atoms with Crippen LogP contribution in [-0.2, 0) is 4.79 Å². The molecule has 0 saturated heterocycles. The minimum Gasteiger partial charge on any atom is -0.383 e. The Kier molecular flexibility index (Phi) is 9.66. The number of fused-ring (bicyclic) bond motifs is 1. The highest BCUT2D eigenvalue weighted by molar-refractivity contribution is 6.05. The molecule has 4 N–H and O–H groups in total. The van der Waals surface area contributed by atoms with Gasteiger partial charge < -0.3 is 16.4 Å². The molecule has 0 aliphatic carbocycles. The number of carbonyl (C=O) groups excluding carboxylic acids is 2. The van der Waals surface area contributed by atoms with E-state index >= 15 is 0 Å². The van der Waals surface area contributed by atoms with Gasteiger partial charge >= 0.3 is 0 Å². The van der Waals surface area contributed by atoms with Crippen LogP contribution in [0.1, 0.15) is 53.5 Å². The van der Waals surface area contributed by atoms with Gasteiger partial charge in [-0.25, -0.2) is 4.98 Å². The Morgan fingerprint density at radius 1 is 1.19 bits per heavy atom. The zero-order chi connectivity index (χ0) is 30.9. The first-order chi connectivity index (χ1) is 20.8. The first-order valence-electron chi connectivity index (χ1n) is 13.6. The van der Waals surface area contributed by atoms with E-state index in [0.717, 1.165) is 0 Å². The van der Waals surface area contributed by atoms with Gasteiger partial charge in [-0.1, -0.05) is 60.9 Å². The lowest BCUT2D eigenvalue weighted by atomic mass is 10.0. The SMILES string of the molecule is C=CC(=O)NCCC#Cc1cccc2cc([C@@H](C)NC(=O)c3c(N)ncc(/C=C\C)c3N=C)n(-c3ccccc3)c(=O)c12. The normalized spacial score (nSPS) is 11.4. The van der Waals surface area contributed by atoms with Crippen molar-refractivity contribution in [2.75, 3.05) is 12.3 Å². The molecule has 0 fully saturated rings. The first kappa shape index (κ1) is 30.2. The number of hydrogen-bond acceptors (Lipinski definition) is 6. The molecular weight excluding hydrogens is 540 g/mol. The van der Waals surface area contributed by atoms with Crippen LogP contribution in [0.15, 0.2) is 89.3 Å². The van der Waals surface area contributed by atoms with Crippen molar-refractivity contribution in [1.29, 1.82) is 0 Å². The van der Waals surface area contributed by atoms with E-state index in [0.29, 0.717) is 51.9 Å². The van der Waals surface area contributed by atoms with Gasteiger partial charge in [0.25, 0.3) is 11.5 Å². The van der Waals surface area contributed by atoms with E-state index in [1.165, 1.54) is 12.3 Å². The average molecular weight is 573 g/mol. The highest BCUT2D eigenvalue weighted by Crippen LogP contribution is 2.30. The number of aliphatic imine (C=N–C) groups is 1. The highest BCUT2D eigenvalue weighted by atomic mass is 16.2. The number of nitrogens with one attached hydrogen (secondary N) is 2. The molecule has 2 heterocycles. The molecule has 0 aliphatic rings. The van der Waals surface area contributed by atoms with Crippen LogP contribution in [0.5, 0.6) is 0 Å². The highest BCUT2D eigenvalue weighted by Gasteiger charge is 2.23. The van der Waals surface area contributed by atoms with Crippen LogP contribution in [0, 0.1) is 11.8 Å². The number of pyridine rings is 2. The number of hydrogen-bond donors (Lipinski definition) is 3. The molecule has 43 heavy (non-hydrogen) atoms. The van der Waals surface area contributed by atoms with Crippen LogP contribution < -0.4 is 21.9 Å². The van der Waals surface area contributed by atoms with Crippen molar-refractivity contribution >= 4 is 46.9 Å². The van der Waals surface area contributed by atoms with Gasteiger partial charge in [-0.3, -0.25) is 23.9 Å². The summed E-state index contributed by atoms with van der Waals surface area (Å²) in [6, 6.07) is 15.9. The monoisotopic (exact) mass is 572 g/mol. The van der Waals surface area contributed by atoms with E-state index in [1.54, 1.807) is 29.7 Å². The number of benzene rings is 2. The molecule has 4 aromatic rings. The number of nitrogens with two attached hydrogens (primary N) is 1. The summed E-state index contributed by atoms with van der Waals surface area (Å²) in [6.45, 7) is 11.0. The first-order valence-corrected chi connectivity index (χ1v) is 13.6. The summed E-state index contributed by atoms with van der Waals surface area (Å²) in [6.07, 6.45) is 6.71. The molecule has 2 aromatic carbocycles. The summed E-state index contributed by atoms with van der Waals surface area (Å²) in [5.74, 6) is 5.36. The van der Waals surface area contributed by atoms with Gasteiger partial charge in [-0.15, -0.1) is 0 Å². The number of amides is 2. The predicted octanol–water partition coefficient (Wildman–Crippen LogP) is 4.87. The lowest BCUT2D eigenvalue weighted by Gasteiger charge is -2.22. The molecule has 0 bridgehead atoms. The Balaban J connectivity index is 1.80. The second-order valence-electron chi connectivity index (χ2n) is 9.54. The number of allylic oxidation sites excluding steroid dienone is 1. The van der Waals surface area contributed by atoms with Crippen LogP contribution >= 0.6 is 0 Å². The Morgan fingerprint density at radius 3 is 2.65 bits per heavy atom. The fourth-order valence-corrected chi connectivity index (χ4v) is 4.70. The fraction of sp³-hybridized carbons (Fsp3) is 0.147. The molecule has 0 aliphatic heterocycles. The van der Waals surface area contributed by atoms with Crippen molar-refractivity contribution in [3.63, 3.8) is 0 Å². The Labute approximate surface area is 249 Å². The van der Waals surface area contributed by atoms with E-state index in [1.807, 2.05) is 55.5 Å². The molecule has 216 valence electrons. The van der Waals surface area contributed by atoms with Crippen LogP contribution in [0.2, 0.25) is 0 Å². The molecule has 0 spiro atoms. The standard InChI is InChI=1S/C34H32N6O3/c1-5-13-25-21-38-32(35)30(31(25)36-4)33(42)39-22(3)27-20-24-16-12-15-23(14-10-11-19-37-28(41)6-2)29(24)34(43)40(27)26-17-8-7-9-18-26/h5-9,12-13,15-18,20-22H,2,4,11,19H2,1,3H3,(H2,35,38)(H,37,41)(H,39,42)/b13-5-/t22-/m1/s1. The third kappa shape index (κ3) is 6.60. The van der Waals surface area contributed by atoms with E-state index in [9.17, 15) is 14.4 Å². The van der Waals surface area contributed by atoms with Gasteiger partial charge in [0.2, 0.25) is 5.91 Å². The van der Waals surface area contributed by atoms with E-state index < -0.39 is 11.9 Å². The van der Waals surface area contributed by atoms with Gasteiger partial charge in [-0.2, -0.15) is 0 Å². The molecule has 1 atom stereocenters. The van der Waals surface area contributed by atoms with Crippen molar-refractivity contribution < 1.29 is 9.59 Å². The maximum absolute atomic E-state index is 14.2. The van der Waals surface area contributed by atoms with Crippen molar-refractivity contribution in [2.24, 2.45) is 4.99 Å². The summed E-state index contributed by atoms with van der Waals surface area (Å²) in [7, 11) is 0. The number of aromatic nitrogens is 2. The van der Waals surface area contributed by atoms with E-state index in [-0.39, 0.29) is 22.8 Å². The molecular formula is C34H32N6O3. The van der Waals surface area contributed by atoms with Crippen molar-refractivity contribution in [3.8, 4) is 17.5 Å². The van der Waals surface area contributed by atoms with Crippen molar-refractivity contribution in [2.45, 2.75) is 26.3 Å². The summed E-state index contributed by atoms with van der Waals surface area (Å²) >= 11 is 0. The van der Waals surface area contributed by atoms with Gasteiger partial charge in [0, 0.05) is 41.7 Å². The molecule has 4 rings (SSSR count). The second kappa shape index (κ2) is 13.7. The smallest absolute Gasteiger partial charge is 0.264 e. The number of para-hydroxylation sites is 1. The number of anilines is 1. The van der Waals surface area contributed by atoms with E-state index in [2.05, 4.69) is 45.7 Å². The Hall–Kier alpha value is -5.75. The Bertz CT molecular complexity index is 1860. The largest absolute Gasteiger partial charge is 0.383 e. The third-order valence-electron chi connectivity index (χ3n) is 6.68. The van der Waals surface area contributed by atoms with E-state index in [4.69, 9.17) is 5.73 Å². The Morgan fingerprint density at radius 2 is 1.95 bits per heavy atom. The molecule has 9 nitrogen and oxygen atoms in total. The summed E-state index contributed by atoms with van der Waals surface area (Å²) < 4.78 is 1.58. The van der Waals surface area contributed by atoms with Gasteiger partial charge in [0.15, 0.2) is 0 Å². The number of nitrogens with zero attached hydrogens (tertiary/aromatic N) is 3.